The van der Waals surface area contributed by atoms with Crippen molar-refractivity contribution in [3.63, 3.8) is 0 Å². The summed E-state index contributed by atoms with van der Waals surface area (Å²) in [4.78, 5) is 20.8. The van der Waals surface area contributed by atoms with Gasteiger partial charge in [-0.05, 0) is 37.5 Å². The molecular formula is C21H27ClN2O2. The highest BCUT2D eigenvalue weighted by Gasteiger charge is 2.09. The number of nitrogens with zero attached hydrogens (tertiary/aromatic N) is 2. The van der Waals surface area contributed by atoms with Crippen LogP contribution in [-0.4, -0.2) is 27.9 Å². The van der Waals surface area contributed by atoms with E-state index in [4.69, 9.17) is 16.3 Å². The van der Waals surface area contributed by atoms with Crippen LogP contribution in [0.2, 0.25) is 0 Å². The molecule has 0 aliphatic carbocycles. The molecule has 0 amide bonds. The second kappa shape index (κ2) is 10.9. The molecule has 140 valence electrons. The quantitative estimate of drug-likeness (QED) is 0.315. The lowest BCUT2D eigenvalue weighted by molar-refractivity contribution is 0.0508. The number of benzene rings is 1. The molecule has 1 aromatic carbocycles. The van der Waals surface area contributed by atoms with E-state index in [-0.39, 0.29) is 18.0 Å². The molecule has 1 atom stereocenters. The van der Waals surface area contributed by atoms with Gasteiger partial charge in [-0.25, -0.2) is 14.8 Å². The SMILES string of the molecule is CCCCCCCc1cnc(-c2ccc(C(=O)OC[C@@H](C)Cl)cc2)nc1. The third kappa shape index (κ3) is 6.75. The van der Waals surface area contributed by atoms with Gasteiger partial charge in [0.25, 0.3) is 0 Å². The first kappa shape index (κ1) is 20.4. The number of alkyl halides is 1. The van der Waals surface area contributed by atoms with Gasteiger partial charge in [-0.2, -0.15) is 0 Å². The van der Waals surface area contributed by atoms with Crippen LogP contribution in [-0.2, 0) is 11.2 Å². The zero-order chi connectivity index (χ0) is 18.8. The van der Waals surface area contributed by atoms with Crippen molar-refractivity contribution in [3.05, 3.63) is 47.8 Å². The largest absolute Gasteiger partial charge is 0.461 e. The number of carbonyl (C=O) groups excluding carboxylic acids is 1. The number of esters is 1. The lowest BCUT2D eigenvalue weighted by Gasteiger charge is -2.07. The Balaban J connectivity index is 1.89. The van der Waals surface area contributed by atoms with Gasteiger partial charge in [-0.3, -0.25) is 0 Å². The number of aromatic nitrogens is 2. The van der Waals surface area contributed by atoms with Gasteiger partial charge in [-0.1, -0.05) is 44.7 Å². The summed E-state index contributed by atoms with van der Waals surface area (Å²) in [5, 5.41) is -0.197. The molecule has 0 unspecified atom stereocenters. The summed E-state index contributed by atoms with van der Waals surface area (Å²) >= 11 is 5.79. The molecule has 2 aromatic rings. The molecule has 5 heteroatoms. The molecule has 0 saturated carbocycles. The normalized spacial score (nSPS) is 12.0. The van der Waals surface area contributed by atoms with Crippen LogP contribution in [0.25, 0.3) is 11.4 Å². The second-order valence-corrected chi connectivity index (χ2v) is 7.28. The molecule has 26 heavy (non-hydrogen) atoms. The third-order valence-electron chi connectivity index (χ3n) is 4.10. The fourth-order valence-electron chi connectivity index (χ4n) is 2.59. The number of hydrogen-bond acceptors (Lipinski definition) is 4. The maximum Gasteiger partial charge on any atom is 0.338 e. The van der Waals surface area contributed by atoms with Crippen molar-refractivity contribution in [2.45, 2.75) is 57.7 Å². The Morgan fingerprint density at radius 3 is 2.35 bits per heavy atom. The van der Waals surface area contributed by atoms with E-state index in [0.717, 1.165) is 12.0 Å². The maximum atomic E-state index is 11.9. The van der Waals surface area contributed by atoms with Crippen molar-refractivity contribution in [2.75, 3.05) is 6.61 Å². The summed E-state index contributed by atoms with van der Waals surface area (Å²) in [7, 11) is 0. The number of rotatable bonds is 10. The molecule has 0 aliphatic heterocycles. The van der Waals surface area contributed by atoms with E-state index in [2.05, 4.69) is 16.9 Å². The number of carbonyl (C=O) groups is 1. The van der Waals surface area contributed by atoms with Crippen LogP contribution in [0.5, 0.6) is 0 Å². The highest BCUT2D eigenvalue weighted by molar-refractivity contribution is 6.20. The van der Waals surface area contributed by atoms with Gasteiger partial charge in [0, 0.05) is 18.0 Å². The number of hydrogen-bond donors (Lipinski definition) is 0. The van der Waals surface area contributed by atoms with E-state index >= 15 is 0 Å². The third-order valence-corrected chi connectivity index (χ3v) is 4.22. The van der Waals surface area contributed by atoms with Gasteiger partial charge in [0.2, 0.25) is 0 Å². The number of unbranched alkanes of at least 4 members (excludes halogenated alkanes) is 4. The smallest absolute Gasteiger partial charge is 0.338 e. The lowest BCUT2D eigenvalue weighted by atomic mass is 10.1. The summed E-state index contributed by atoms with van der Waals surface area (Å²) in [6, 6.07) is 7.12. The fraction of sp³-hybridized carbons (Fsp3) is 0.476. The molecule has 0 bridgehead atoms. The van der Waals surface area contributed by atoms with Crippen LogP contribution in [0, 0.1) is 0 Å². The van der Waals surface area contributed by atoms with Crippen LogP contribution < -0.4 is 0 Å². The molecule has 0 saturated heterocycles. The fourth-order valence-corrected chi connectivity index (χ4v) is 2.66. The van der Waals surface area contributed by atoms with Gasteiger partial charge in [0.1, 0.15) is 6.61 Å². The second-order valence-electron chi connectivity index (χ2n) is 6.54. The molecule has 0 aliphatic rings. The van der Waals surface area contributed by atoms with E-state index in [9.17, 15) is 4.79 Å². The van der Waals surface area contributed by atoms with E-state index in [0.29, 0.717) is 11.4 Å². The molecule has 4 nitrogen and oxygen atoms in total. The summed E-state index contributed by atoms with van der Waals surface area (Å²) in [5.41, 5.74) is 2.54. The minimum absolute atomic E-state index is 0.197. The predicted molar refractivity (Wildman–Crippen MR) is 106 cm³/mol. The average molecular weight is 375 g/mol. The monoisotopic (exact) mass is 374 g/mol. The number of halogens is 1. The summed E-state index contributed by atoms with van der Waals surface area (Å²) in [5.74, 6) is 0.289. The van der Waals surface area contributed by atoms with E-state index in [1.807, 2.05) is 24.5 Å². The summed E-state index contributed by atoms with van der Waals surface area (Å²) < 4.78 is 5.11. The average Bonchev–Trinajstić information content (AvgIpc) is 2.66. The molecule has 0 spiro atoms. The molecule has 0 N–H and O–H groups in total. The zero-order valence-corrected chi connectivity index (χ0v) is 16.3. The van der Waals surface area contributed by atoms with Gasteiger partial charge >= 0.3 is 5.97 Å². The van der Waals surface area contributed by atoms with Crippen LogP contribution >= 0.6 is 11.6 Å². The predicted octanol–water partition coefficient (Wildman–Crippen LogP) is 5.44. The molecule has 2 rings (SSSR count). The first-order valence-corrected chi connectivity index (χ1v) is 9.76. The van der Waals surface area contributed by atoms with Crippen LogP contribution in [0.1, 0.15) is 61.9 Å². The molecule has 0 fully saturated rings. The molecule has 0 radical (unpaired) electrons. The minimum Gasteiger partial charge on any atom is -0.461 e. The van der Waals surface area contributed by atoms with Gasteiger partial charge in [0.15, 0.2) is 5.82 Å². The standard InChI is InChI=1S/C21H27ClN2O2/c1-3-4-5-6-7-8-17-13-23-20(24-14-17)18-9-11-19(12-10-18)21(25)26-15-16(2)22/h9-14,16H,3-8,15H2,1-2H3/t16-/m1/s1. The number of aryl methyl sites for hydroxylation is 1. The highest BCUT2D eigenvalue weighted by Crippen LogP contribution is 2.17. The van der Waals surface area contributed by atoms with Crippen molar-refractivity contribution in [2.24, 2.45) is 0 Å². The van der Waals surface area contributed by atoms with Crippen molar-refractivity contribution >= 4 is 17.6 Å². The van der Waals surface area contributed by atoms with Gasteiger partial charge in [-0.15, -0.1) is 11.6 Å². The highest BCUT2D eigenvalue weighted by atomic mass is 35.5. The summed E-state index contributed by atoms with van der Waals surface area (Å²) in [6.07, 6.45) is 11.1. The van der Waals surface area contributed by atoms with Crippen molar-refractivity contribution in [1.82, 2.24) is 9.97 Å². The van der Waals surface area contributed by atoms with Crippen molar-refractivity contribution in [1.29, 1.82) is 0 Å². The Morgan fingerprint density at radius 2 is 1.73 bits per heavy atom. The Hall–Kier alpha value is -1.94. The molecule has 1 heterocycles. The van der Waals surface area contributed by atoms with Crippen molar-refractivity contribution in [3.8, 4) is 11.4 Å². The zero-order valence-electron chi connectivity index (χ0n) is 15.6. The summed E-state index contributed by atoms with van der Waals surface area (Å²) in [6.45, 7) is 4.21. The van der Waals surface area contributed by atoms with Crippen LogP contribution in [0.15, 0.2) is 36.7 Å². The Morgan fingerprint density at radius 1 is 1.08 bits per heavy atom. The first-order chi connectivity index (χ1) is 12.6. The van der Waals surface area contributed by atoms with Crippen LogP contribution in [0.4, 0.5) is 0 Å². The maximum absolute atomic E-state index is 11.9. The van der Waals surface area contributed by atoms with E-state index < -0.39 is 0 Å². The lowest BCUT2D eigenvalue weighted by Crippen LogP contribution is -2.11. The first-order valence-electron chi connectivity index (χ1n) is 9.32. The van der Waals surface area contributed by atoms with E-state index in [1.54, 1.807) is 19.1 Å². The van der Waals surface area contributed by atoms with Gasteiger partial charge < -0.3 is 4.74 Å². The number of ether oxygens (including phenoxy) is 1. The van der Waals surface area contributed by atoms with Crippen molar-refractivity contribution < 1.29 is 9.53 Å². The minimum atomic E-state index is -0.372. The Bertz CT molecular complexity index is 669. The van der Waals surface area contributed by atoms with Crippen LogP contribution in [0.3, 0.4) is 0 Å². The Kier molecular flexibility index (Phi) is 8.56. The molecule has 1 aromatic heterocycles. The van der Waals surface area contributed by atoms with Gasteiger partial charge in [0.05, 0.1) is 10.9 Å². The Labute approximate surface area is 161 Å². The van der Waals surface area contributed by atoms with E-state index in [1.165, 1.54) is 37.7 Å². The topological polar surface area (TPSA) is 52.1 Å². The molecular weight excluding hydrogens is 348 g/mol.